The van der Waals surface area contributed by atoms with Gasteiger partial charge in [0.2, 0.25) is 0 Å². The first-order valence-electron chi connectivity index (χ1n) is 6.53. The molecule has 3 aromatic rings. The van der Waals surface area contributed by atoms with Crippen molar-refractivity contribution in [1.82, 2.24) is 15.1 Å². The lowest BCUT2D eigenvalue weighted by Crippen LogP contribution is -2.26. The Balaban J connectivity index is 1.72. The minimum absolute atomic E-state index is 0.134. The van der Waals surface area contributed by atoms with Crippen molar-refractivity contribution in [3.63, 3.8) is 0 Å². The number of thiophene rings is 1. The summed E-state index contributed by atoms with van der Waals surface area (Å²) in [6.07, 6.45) is 1.53. The minimum atomic E-state index is -0.134. The summed E-state index contributed by atoms with van der Waals surface area (Å²) < 4.78 is 5.23. The molecule has 0 spiro atoms. The zero-order chi connectivity index (χ0) is 14.8. The van der Waals surface area contributed by atoms with E-state index in [1.165, 1.54) is 6.26 Å². The van der Waals surface area contributed by atoms with Crippen molar-refractivity contribution in [2.45, 2.75) is 13.5 Å². The summed E-state index contributed by atoms with van der Waals surface area (Å²) in [7, 11) is 1.75. The number of rotatable bonds is 4. The summed E-state index contributed by atoms with van der Waals surface area (Å²) in [5, 5.41) is 9.26. The first-order chi connectivity index (χ1) is 10.1. The molecule has 0 aliphatic heterocycles. The van der Waals surface area contributed by atoms with Gasteiger partial charge in [-0.25, -0.2) is 0 Å². The molecule has 0 aliphatic rings. The Morgan fingerprint density at radius 3 is 3.00 bits per heavy atom. The van der Waals surface area contributed by atoms with Gasteiger partial charge in [-0.2, -0.15) is 5.10 Å². The lowest BCUT2D eigenvalue weighted by Gasteiger charge is -2.14. The van der Waals surface area contributed by atoms with Gasteiger partial charge in [-0.3, -0.25) is 9.89 Å². The number of carbonyl (C=O) groups excluding carboxylic acids is 1. The topological polar surface area (TPSA) is 62.1 Å². The van der Waals surface area contributed by atoms with E-state index < -0.39 is 0 Å². The van der Waals surface area contributed by atoms with E-state index in [1.54, 1.807) is 29.4 Å². The molecule has 0 saturated heterocycles. The fraction of sp³-hybridized carbons (Fsp3) is 0.200. The number of aryl methyl sites for hydroxylation is 1. The quantitative estimate of drug-likeness (QED) is 0.804. The van der Waals surface area contributed by atoms with Crippen LogP contribution >= 0.6 is 11.3 Å². The molecule has 5 nitrogen and oxygen atoms in total. The van der Waals surface area contributed by atoms with Gasteiger partial charge in [0.1, 0.15) is 5.69 Å². The van der Waals surface area contributed by atoms with Crippen LogP contribution in [0.1, 0.15) is 21.8 Å². The third-order valence-corrected chi connectivity index (χ3v) is 4.11. The Bertz CT molecular complexity index is 743. The van der Waals surface area contributed by atoms with Crippen molar-refractivity contribution in [1.29, 1.82) is 0 Å². The normalized spacial score (nSPS) is 10.8. The van der Waals surface area contributed by atoms with E-state index in [0.717, 1.165) is 21.8 Å². The largest absolute Gasteiger partial charge is 0.459 e. The van der Waals surface area contributed by atoms with Gasteiger partial charge in [0, 0.05) is 12.6 Å². The summed E-state index contributed by atoms with van der Waals surface area (Å²) in [4.78, 5) is 15.0. The standard InChI is InChI=1S/C15H15N3O2S/c1-10-5-6-20-14(10)15(19)18(2)9-11-8-12(17-16-11)13-4-3-7-21-13/h3-8H,9H2,1-2H3,(H,16,17). The number of aromatic amines is 1. The lowest BCUT2D eigenvalue weighted by molar-refractivity contribution is 0.0750. The van der Waals surface area contributed by atoms with Gasteiger partial charge in [0.15, 0.2) is 5.76 Å². The first kappa shape index (κ1) is 13.6. The van der Waals surface area contributed by atoms with E-state index in [-0.39, 0.29) is 5.91 Å². The van der Waals surface area contributed by atoms with Crippen LogP contribution in [0.25, 0.3) is 10.6 Å². The van der Waals surface area contributed by atoms with Crippen molar-refractivity contribution in [2.75, 3.05) is 7.05 Å². The number of carbonyl (C=O) groups is 1. The molecule has 0 radical (unpaired) electrons. The zero-order valence-corrected chi connectivity index (χ0v) is 12.6. The second-order valence-electron chi connectivity index (χ2n) is 4.85. The molecule has 0 aliphatic carbocycles. The number of nitrogens with zero attached hydrogens (tertiary/aromatic N) is 2. The van der Waals surface area contributed by atoms with E-state index in [0.29, 0.717) is 12.3 Å². The van der Waals surface area contributed by atoms with Crippen LogP contribution in [0.5, 0.6) is 0 Å². The van der Waals surface area contributed by atoms with Gasteiger partial charge in [-0.15, -0.1) is 11.3 Å². The van der Waals surface area contributed by atoms with Gasteiger partial charge < -0.3 is 9.32 Å². The van der Waals surface area contributed by atoms with Gasteiger partial charge in [0.25, 0.3) is 5.91 Å². The Hall–Kier alpha value is -2.34. The Morgan fingerprint density at radius 2 is 2.33 bits per heavy atom. The van der Waals surface area contributed by atoms with Gasteiger partial charge in [-0.05, 0) is 30.5 Å². The van der Waals surface area contributed by atoms with E-state index in [1.807, 2.05) is 30.5 Å². The number of hydrogen-bond acceptors (Lipinski definition) is 4. The molecule has 1 N–H and O–H groups in total. The van der Waals surface area contributed by atoms with E-state index in [9.17, 15) is 4.79 Å². The molecule has 3 aromatic heterocycles. The molecule has 0 saturated carbocycles. The van der Waals surface area contributed by atoms with Crippen molar-refractivity contribution in [3.8, 4) is 10.6 Å². The average Bonchev–Trinajstić information content (AvgIpc) is 3.17. The number of nitrogens with one attached hydrogen (secondary N) is 1. The summed E-state index contributed by atoms with van der Waals surface area (Å²) in [5.74, 6) is 0.250. The maximum absolute atomic E-state index is 12.3. The number of furan rings is 1. The lowest BCUT2D eigenvalue weighted by atomic mass is 10.2. The maximum atomic E-state index is 12.3. The van der Waals surface area contributed by atoms with Crippen LogP contribution < -0.4 is 0 Å². The monoisotopic (exact) mass is 301 g/mol. The molecule has 0 aromatic carbocycles. The molecule has 0 unspecified atom stereocenters. The molecule has 6 heteroatoms. The predicted octanol–water partition coefficient (Wildman–Crippen LogP) is 3.31. The highest BCUT2D eigenvalue weighted by atomic mass is 32.1. The van der Waals surface area contributed by atoms with Crippen LogP contribution in [0, 0.1) is 6.92 Å². The Labute approximate surface area is 126 Å². The average molecular weight is 301 g/mol. The summed E-state index contributed by atoms with van der Waals surface area (Å²) in [5.41, 5.74) is 2.63. The summed E-state index contributed by atoms with van der Waals surface area (Å²) in [6, 6.07) is 7.76. The SMILES string of the molecule is Cc1ccoc1C(=O)N(C)Cc1cc(-c2cccs2)n[nH]1. The van der Waals surface area contributed by atoms with Crippen LogP contribution in [0.4, 0.5) is 0 Å². The number of H-pyrrole nitrogens is 1. The van der Waals surface area contributed by atoms with Gasteiger partial charge in [0.05, 0.1) is 23.4 Å². The van der Waals surface area contributed by atoms with Crippen molar-refractivity contribution >= 4 is 17.2 Å². The van der Waals surface area contributed by atoms with Crippen LogP contribution in [0.3, 0.4) is 0 Å². The van der Waals surface area contributed by atoms with Crippen LogP contribution in [-0.2, 0) is 6.54 Å². The third-order valence-electron chi connectivity index (χ3n) is 3.22. The molecule has 3 heterocycles. The molecular weight excluding hydrogens is 286 g/mol. The van der Waals surface area contributed by atoms with Crippen molar-refractivity contribution in [2.24, 2.45) is 0 Å². The molecule has 1 amide bonds. The Morgan fingerprint density at radius 1 is 1.48 bits per heavy atom. The number of amides is 1. The molecule has 21 heavy (non-hydrogen) atoms. The van der Waals surface area contributed by atoms with E-state index in [4.69, 9.17) is 4.42 Å². The van der Waals surface area contributed by atoms with E-state index >= 15 is 0 Å². The fourth-order valence-corrected chi connectivity index (χ4v) is 2.77. The van der Waals surface area contributed by atoms with Crippen molar-refractivity contribution < 1.29 is 9.21 Å². The van der Waals surface area contributed by atoms with E-state index in [2.05, 4.69) is 10.2 Å². The zero-order valence-electron chi connectivity index (χ0n) is 11.8. The van der Waals surface area contributed by atoms with Gasteiger partial charge >= 0.3 is 0 Å². The smallest absolute Gasteiger partial charge is 0.289 e. The summed E-state index contributed by atoms with van der Waals surface area (Å²) in [6.45, 7) is 2.31. The number of hydrogen-bond donors (Lipinski definition) is 1. The number of aromatic nitrogens is 2. The molecular formula is C15H15N3O2S. The highest BCUT2D eigenvalue weighted by Gasteiger charge is 2.18. The molecule has 0 atom stereocenters. The van der Waals surface area contributed by atoms with Crippen LogP contribution in [0.2, 0.25) is 0 Å². The molecule has 0 fully saturated rings. The Kier molecular flexibility index (Phi) is 3.62. The highest BCUT2D eigenvalue weighted by molar-refractivity contribution is 7.13. The second kappa shape index (κ2) is 5.57. The molecule has 3 rings (SSSR count). The second-order valence-corrected chi connectivity index (χ2v) is 5.80. The van der Waals surface area contributed by atoms with Gasteiger partial charge in [-0.1, -0.05) is 6.07 Å². The minimum Gasteiger partial charge on any atom is -0.459 e. The predicted molar refractivity (Wildman–Crippen MR) is 81.1 cm³/mol. The van der Waals surface area contributed by atoms with Crippen molar-refractivity contribution in [3.05, 3.63) is 52.9 Å². The third kappa shape index (κ3) is 2.75. The molecule has 0 bridgehead atoms. The molecule has 108 valence electrons. The van der Waals surface area contributed by atoms with Crippen LogP contribution in [0.15, 0.2) is 40.3 Å². The fourth-order valence-electron chi connectivity index (χ4n) is 2.09. The summed E-state index contributed by atoms with van der Waals surface area (Å²) >= 11 is 1.64. The first-order valence-corrected chi connectivity index (χ1v) is 7.41. The van der Waals surface area contributed by atoms with Crippen LogP contribution in [-0.4, -0.2) is 28.1 Å². The maximum Gasteiger partial charge on any atom is 0.289 e. The highest BCUT2D eigenvalue weighted by Crippen LogP contribution is 2.23.